The molecule has 2 heterocycles. The lowest BCUT2D eigenvalue weighted by atomic mass is 9.50. The molecule has 2 saturated heterocycles. The first kappa shape index (κ1) is 24.4. The standard InChI is InChI=1S/C25H31F3N2O5/c26-25(27,28)17-2-1-3-19(10-17)35-20-4-7-30(15-20)24(5-8-34-9-6-24)22(33)29-18-13-23(14-18)11-16(12-23)21(31)32/h1-3,10,16,18,20H,4-9,11-15H2,(H,29,33)(H,31,32)/t16?,18?,20-,23?/m1/s1. The Balaban J connectivity index is 1.20. The van der Waals surface area contributed by atoms with E-state index in [1.807, 2.05) is 0 Å². The van der Waals surface area contributed by atoms with Gasteiger partial charge in [0, 0.05) is 32.3 Å². The third kappa shape index (κ3) is 4.74. The summed E-state index contributed by atoms with van der Waals surface area (Å²) >= 11 is 0. The number of aliphatic carboxylic acids is 1. The summed E-state index contributed by atoms with van der Waals surface area (Å²) in [6.45, 7) is 2.01. The fourth-order valence-electron chi connectivity index (χ4n) is 6.45. The predicted molar refractivity (Wildman–Crippen MR) is 119 cm³/mol. The van der Waals surface area contributed by atoms with Crippen LogP contribution in [0.3, 0.4) is 0 Å². The SMILES string of the molecule is O=C(O)C1CC2(CC(NC(=O)C3(N4CC[C@@H](Oc5cccc(C(F)(F)F)c5)C4)CCOCC3)C2)C1. The van der Waals surface area contributed by atoms with Gasteiger partial charge in [0.05, 0.1) is 11.5 Å². The first-order valence-corrected chi connectivity index (χ1v) is 12.3. The first-order valence-electron chi connectivity index (χ1n) is 12.3. The fraction of sp³-hybridized carbons (Fsp3) is 0.680. The molecule has 35 heavy (non-hydrogen) atoms. The molecule has 0 radical (unpaired) electrons. The molecule has 1 aromatic carbocycles. The number of rotatable bonds is 6. The van der Waals surface area contributed by atoms with Crippen LogP contribution in [0.25, 0.3) is 0 Å². The lowest BCUT2D eigenvalue weighted by Gasteiger charge is -2.57. The van der Waals surface area contributed by atoms with Gasteiger partial charge in [0.2, 0.25) is 5.91 Å². The molecule has 1 amide bonds. The Morgan fingerprint density at radius 1 is 1.14 bits per heavy atom. The Morgan fingerprint density at radius 3 is 2.51 bits per heavy atom. The quantitative estimate of drug-likeness (QED) is 0.627. The van der Waals surface area contributed by atoms with Gasteiger partial charge in [-0.15, -0.1) is 0 Å². The molecule has 1 spiro atoms. The molecule has 2 aliphatic heterocycles. The van der Waals surface area contributed by atoms with E-state index in [2.05, 4.69) is 10.2 Å². The third-order valence-electron chi connectivity index (χ3n) is 8.36. The largest absolute Gasteiger partial charge is 0.489 e. The zero-order valence-electron chi connectivity index (χ0n) is 19.5. The van der Waals surface area contributed by atoms with Gasteiger partial charge in [0.15, 0.2) is 0 Å². The molecule has 1 atom stereocenters. The van der Waals surface area contributed by atoms with Crippen LogP contribution in [0.4, 0.5) is 13.2 Å². The van der Waals surface area contributed by atoms with Crippen LogP contribution in [0.2, 0.25) is 0 Å². The summed E-state index contributed by atoms with van der Waals surface area (Å²) in [5.41, 5.74) is -1.40. The minimum absolute atomic E-state index is 0.0329. The number of ether oxygens (including phenoxy) is 2. The molecule has 192 valence electrons. The topological polar surface area (TPSA) is 88.1 Å². The van der Waals surface area contributed by atoms with Crippen LogP contribution in [-0.4, -0.2) is 65.9 Å². The van der Waals surface area contributed by atoms with Gasteiger partial charge in [-0.1, -0.05) is 6.07 Å². The summed E-state index contributed by atoms with van der Waals surface area (Å²) in [6, 6.07) is 4.95. The van der Waals surface area contributed by atoms with Crippen molar-refractivity contribution in [3.8, 4) is 5.75 Å². The lowest BCUT2D eigenvalue weighted by Crippen LogP contribution is -2.65. The van der Waals surface area contributed by atoms with Crippen molar-refractivity contribution in [1.29, 1.82) is 0 Å². The predicted octanol–water partition coefficient (Wildman–Crippen LogP) is 3.47. The van der Waals surface area contributed by atoms with Gasteiger partial charge in [-0.05, 0) is 68.6 Å². The maximum absolute atomic E-state index is 13.6. The van der Waals surface area contributed by atoms with Crippen LogP contribution in [0.1, 0.15) is 50.5 Å². The van der Waals surface area contributed by atoms with Crippen molar-refractivity contribution < 1.29 is 37.3 Å². The zero-order chi connectivity index (χ0) is 24.8. The summed E-state index contributed by atoms with van der Waals surface area (Å²) in [4.78, 5) is 26.8. The molecule has 7 nitrogen and oxygen atoms in total. The molecule has 2 saturated carbocycles. The lowest BCUT2D eigenvalue weighted by molar-refractivity contribution is -0.158. The number of hydrogen-bond acceptors (Lipinski definition) is 5. The van der Waals surface area contributed by atoms with Gasteiger partial charge in [0.1, 0.15) is 17.4 Å². The smallest absolute Gasteiger partial charge is 0.416 e. The van der Waals surface area contributed by atoms with E-state index < -0.39 is 23.2 Å². The second-order valence-electron chi connectivity index (χ2n) is 10.7. The van der Waals surface area contributed by atoms with Gasteiger partial charge in [-0.25, -0.2) is 0 Å². The molecule has 0 aromatic heterocycles. The maximum Gasteiger partial charge on any atom is 0.416 e. The van der Waals surface area contributed by atoms with E-state index in [0.29, 0.717) is 58.4 Å². The molecule has 1 aromatic rings. The van der Waals surface area contributed by atoms with E-state index in [1.54, 1.807) is 0 Å². The molecule has 2 aliphatic carbocycles. The monoisotopic (exact) mass is 496 g/mol. The Morgan fingerprint density at radius 2 is 1.86 bits per heavy atom. The molecule has 0 bridgehead atoms. The highest BCUT2D eigenvalue weighted by Crippen LogP contribution is 2.58. The molecule has 4 aliphatic rings. The number of alkyl halides is 3. The molecule has 4 fully saturated rings. The van der Waals surface area contributed by atoms with Crippen molar-refractivity contribution >= 4 is 11.9 Å². The highest BCUT2D eigenvalue weighted by Gasteiger charge is 2.56. The number of nitrogens with one attached hydrogen (secondary N) is 1. The van der Waals surface area contributed by atoms with Crippen LogP contribution in [0.5, 0.6) is 5.75 Å². The van der Waals surface area contributed by atoms with Gasteiger partial charge >= 0.3 is 12.1 Å². The van der Waals surface area contributed by atoms with Crippen LogP contribution >= 0.6 is 0 Å². The zero-order valence-corrected chi connectivity index (χ0v) is 19.5. The van der Waals surface area contributed by atoms with Crippen molar-refractivity contribution in [1.82, 2.24) is 10.2 Å². The Bertz CT molecular complexity index is 964. The molecule has 10 heteroatoms. The van der Waals surface area contributed by atoms with Crippen LogP contribution in [-0.2, 0) is 20.5 Å². The number of carboxylic acid groups (broad SMARTS) is 1. The van der Waals surface area contributed by atoms with Gasteiger partial charge in [-0.3, -0.25) is 14.5 Å². The van der Waals surface area contributed by atoms with Crippen LogP contribution < -0.4 is 10.1 Å². The van der Waals surface area contributed by atoms with E-state index >= 15 is 0 Å². The number of carbonyl (C=O) groups is 2. The number of nitrogens with zero attached hydrogens (tertiary/aromatic N) is 1. The molecule has 2 N–H and O–H groups in total. The summed E-state index contributed by atoms with van der Waals surface area (Å²) in [6.07, 6.45) is -0.00678. The van der Waals surface area contributed by atoms with Gasteiger partial charge < -0.3 is 19.9 Å². The van der Waals surface area contributed by atoms with E-state index in [0.717, 1.165) is 25.0 Å². The number of hydrogen-bond donors (Lipinski definition) is 2. The number of likely N-dealkylation sites (tertiary alicyclic amines) is 1. The number of benzene rings is 1. The molecular weight excluding hydrogens is 465 g/mol. The number of carboxylic acids is 1. The molecular formula is C25H31F3N2O5. The Labute approximate surface area is 201 Å². The van der Waals surface area contributed by atoms with Crippen LogP contribution in [0.15, 0.2) is 24.3 Å². The van der Waals surface area contributed by atoms with Crippen LogP contribution in [0, 0.1) is 11.3 Å². The van der Waals surface area contributed by atoms with E-state index in [4.69, 9.17) is 14.6 Å². The van der Waals surface area contributed by atoms with E-state index in [-0.39, 0.29) is 35.1 Å². The number of amides is 1. The summed E-state index contributed by atoms with van der Waals surface area (Å²) in [5.74, 6) is -0.849. The van der Waals surface area contributed by atoms with Crippen molar-refractivity contribution in [2.24, 2.45) is 11.3 Å². The fourth-order valence-corrected chi connectivity index (χ4v) is 6.45. The Kier molecular flexibility index (Phi) is 6.24. The minimum atomic E-state index is -4.43. The molecule has 0 unspecified atom stereocenters. The Hall–Kier alpha value is -2.33. The number of halogens is 3. The maximum atomic E-state index is 13.6. The average Bonchev–Trinajstić information content (AvgIpc) is 3.23. The molecule has 5 rings (SSSR count). The van der Waals surface area contributed by atoms with Gasteiger partial charge in [-0.2, -0.15) is 13.2 Å². The highest BCUT2D eigenvalue weighted by atomic mass is 19.4. The van der Waals surface area contributed by atoms with Crippen molar-refractivity contribution in [3.05, 3.63) is 29.8 Å². The van der Waals surface area contributed by atoms with Crippen molar-refractivity contribution in [2.75, 3.05) is 26.3 Å². The second kappa shape index (κ2) is 8.96. The number of carbonyl (C=O) groups excluding carboxylic acids is 1. The summed E-state index contributed by atoms with van der Waals surface area (Å²) in [5, 5.41) is 12.3. The normalized spacial score (nSPS) is 32.5. The minimum Gasteiger partial charge on any atom is -0.489 e. The van der Waals surface area contributed by atoms with Crippen molar-refractivity contribution in [2.45, 2.75) is 68.8 Å². The highest BCUT2D eigenvalue weighted by molar-refractivity contribution is 5.87. The summed E-state index contributed by atoms with van der Waals surface area (Å²) < 4.78 is 50.6. The van der Waals surface area contributed by atoms with Gasteiger partial charge in [0.25, 0.3) is 0 Å². The summed E-state index contributed by atoms with van der Waals surface area (Å²) in [7, 11) is 0. The van der Waals surface area contributed by atoms with E-state index in [9.17, 15) is 22.8 Å². The van der Waals surface area contributed by atoms with E-state index in [1.165, 1.54) is 12.1 Å². The third-order valence-corrected chi connectivity index (χ3v) is 8.36. The first-order chi connectivity index (χ1) is 16.6. The average molecular weight is 497 g/mol. The van der Waals surface area contributed by atoms with Crippen molar-refractivity contribution in [3.63, 3.8) is 0 Å². The second-order valence-corrected chi connectivity index (χ2v) is 10.7.